The van der Waals surface area contributed by atoms with E-state index in [-0.39, 0.29) is 10.7 Å². The molecular weight excluding hydrogens is 220 g/mol. The number of nitrogens with zero attached hydrogens (tertiary/aromatic N) is 2. The third-order valence-corrected chi connectivity index (χ3v) is 5.26. The van der Waals surface area contributed by atoms with Crippen molar-refractivity contribution in [3.8, 4) is 0 Å². The predicted molar refractivity (Wildman–Crippen MR) is 68.7 cm³/mol. The van der Waals surface area contributed by atoms with Crippen molar-refractivity contribution in [3.63, 3.8) is 0 Å². The van der Waals surface area contributed by atoms with Crippen molar-refractivity contribution in [2.75, 3.05) is 13.1 Å². The average Bonchev–Trinajstić information content (AvgIpc) is 2.58. The number of thioether (sulfide) groups is 1. The molecule has 0 spiro atoms. The summed E-state index contributed by atoms with van der Waals surface area (Å²) in [6.45, 7) is 8.34. The Balaban J connectivity index is 2.09. The summed E-state index contributed by atoms with van der Waals surface area (Å²) in [5.74, 6) is 0.379. The lowest BCUT2D eigenvalue weighted by Crippen LogP contribution is -2.36. The summed E-state index contributed by atoms with van der Waals surface area (Å²) in [4.78, 5) is 18.5. The fourth-order valence-electron chi connectivity index (χ4n) is 2.04. The quantitative estimate of drug-likeness (QED) is 0.706. The van der Waals surface area contributed by atoms with E-state index < -0.39 is 0 Å². The first-order chi connectivity index (χ1) is 7.54. The Hall–Kier alpha value is -0.510. The molecule has 1 amide bonds. The number of hydrogen-bond acceptors (Lipinski definition) is 3. The fraction of sp³-hybridized carbons (Fsp3) is 0.833. The van der Waals surface area contributed by atoms with Crippen LogP contribution in [0.25, 0.3) is 0 Å². The summed E-state index contributed by atoms with van der Waals surface area (Å²) >= 11 is 1.66. The van der Waals surface area contributed by atoms with E-state index in [1.807, 2.05) is 6.92 Å². The van der Waals surface area contributed by atoms with Crippen LogP contribution in [0.1, 0.15) is 40.0 Å². The van der Waals surface area contributed by atoms with Crippen LogP contribution in [0, 0.1) is 5.92 Å². The average molecular weight is 240 g/mol. The van der Waals surface area contributed by atoms with Gasteiger partial charge < -0.3 is 4.90 Å². The van der Waals surface area contributed by atoms with E-state index in [0.717, 1.165) is 18.3 Å². The molecule has 0 aromatic rings. The zero-order valence-electron chi connectivity index (χ0n) is 10.3. The van der Waals surface area contributed by atoms with Gasteiger partial charge in [0.05, 0.1) is 0 Å². The number of likely N-dealkylation sites (tertiary alicyclic amines) is 1. The Morgan fingerprint density at radius 1 is 1.31 bits per heavy atom. The van der Waals surface area contributed by atoms with Crippen molar-refractivity contribution < 1.29 is 4.79 Å². The minimum absolute atomic E-state index is 0.0491. The highest BCUT2D eigenvalue weighted by atomic mass is 32.2. The number of rotatable bonds is 1. The van der Waals surface area contributed by atoms with Crippen LogP contribution in [-0.2, 0) is 4.79 Å². The summed E-state index contributed by atoms with van der Waals surface area (Å²) < 4.78 is -0.340. The van der Waals surface area contributed by atoms with Gasteiger partial charge in [-0.05, 0) is 32.1 Å². The molecule has 0 radical (unpaired) electrons. The molecule has 16 heavy (non-hydrogen) atoms. The molecule has 0 aromatic heterocycles. The Morgan fingerprint density at radius 2 is 1.94 bits per heavy atom. The van der Waals surface area contributed by atoms with Crippen LogP contribution in [0.3, 0.4) is 0 Å². The van der Waals surface area contributed by atoms with Gasteiger partial charge in [-0.25, -0.2) is 0 Å². The Labute approximate surface area is 102 Å². The molecule has 2 aliphatic rings. The molecule has 1 atom stereocenters. The molecule has 2 aliphatic heterocycles. The van der Waals surface area contributed by atoms with E-state index in [9.17, 15) is 4.79 Å². The summed E-state index contributed by atoms with van der Waals surface area (Å²) in [5.41, 5.74) is 0. The van der Waals surface area contributed by atoms with Crippen molar-refractivity contribution in [2.45, 2.75) is 44.8 Å². The minimum Gasteiger partial charge on any atom is -0.351 e. The molecule has 0 saturated carbocycles. The first-order valence-electron chi connectivity index (χ1n) is 6.11. The van der Waals surface area contributed by atoms with Crippen LogP contribution in [0.2, 0.25) is 0 Å². The number of carbonyl (C=O) groups excluding carboxylic acids is 1. The van der Waals surface area contributed by atoms with Gasteiger partial charge in [-0.1, -0.05) is 25.6 Å². The zero-order valence-corrected chi connectivity index (χ0v) is 11.1. The largest absolute Gasteiger partial charge is 0.351 e. The van der Waals surface area contributed by atoms with E-state index in [4.69, 9.17) is 0 Å². The standard InChI is InChI=1S/C12H20N2OS/c1-9(2)12(3)10(15)13-11(16-12)14-7-5-4-6-8-14/h9H,4-8H2,1-3H3. The van der Waals surface area contributed by atoms with E-state index in [1.54, 1.807) is 11.8 Å². The van der Waals surface area contributed by atoms with E-state index in [2.05, 4.69) is 23.7 Å². The van der Waals surface area contributed by atoms with Crippen LogP contribution in [0.5, 0.6) is 0 Å². The molecule has 1 saturated heterocycles. The van der Waals surface area contributed by atoms with Gasteiger partial charge in [-0.2, -0.15) is 4.99 Å². The third-order valence-electron chi connectivity index (χ3n) is 3.65. The Kier molecular flexibility index (Phi) is 3.29. The maximum absolute atomic E-state index is 12.0. The highest BCUT2D eigenvalue weighted by Gasteiger charge is 2.45. The van der Waals surface area contributed by atoms with Crippen LogP contribution in [0.4, 0.5) is 0 Å². The summed E-state index contributed by atoms with van der Waals surface area (Å²) in [6.07, 6.45) is 3.77. The normalized spacial score (nSPS) is 31.1. The first-order valence-corrected chi connectivity index (χ1v) is 6.93. The van der Waals surface area contributed by atoms with E-state index in [1.165, 1.54) is 19.3 Å². The SMILES string of the molecule is CC(C)C1(C)SC(N2CCCCC2)=NC1=O. The first kappa shape index (κ1) is 12.0. The highest BCUT2D eigenvalue weighted by Crippen LogP contribution is 2.41. The zero-order chi connectivity index (χ0) is 11.8. The number of carbonyl (C=O) groups is 1. The lowest BCUT2D eigenvalue weighted by molar-refractivity contribution is -0.120. The molecule has 0 N–H and O–H groups in total. The maximum Gasteiger partial charge on any atom is 0.264 e. The van der Waals surface area contributed by atoms with Gasteiger partial charge >= 0.3 is 0 Å². The van der Waals surface area contributed by atoms with Crippen LogP contribution in [0.15, 0.2) is 4.99 Å². The molecule has 90 valence electrons. The van der Waals surface area contributed by atoms with Gasteiger partial charge in [-0.15, -0.1) is 0 Å². The van der Waals surface area contributed by atoms with Gasteiger partial charge in [0.25, 0.3) is 5.91 Å². The van der Waals surface area contributed by atoms with Gasteiger partial charge in [0, 0.05) is 13.1 Å². The number of piperidine rings is 1. The number of amidine groups is 1. The summed E-state index contributed by atoms with van der Waals surface area (Å²) in [7, 11) is 0. The maximum atomic E-state index is 12.0. The van der Waals surface area contributed by atoms with Crippen LogP contribution in [-0.4, -0.2) is 33.8 Å². The number of aliphatic imine (C=N–C) groups is 1. The van der Waals surface area contributed by atoms with Gasteiger partial charge in [0.15, 0.2) is 5.17 Å². The second-order valence-corrected chi connectivity index (χ2v) is 6.53. The van der Waals surface area contributed by atoms with E-state index in [0.29, 0.717) is 5.92 Å². The second-order valence-electron chi connectivity index (χ2n) is 5.11. The Morgan fingerprint density at radius 3 is 2.44 bits per heavy atom. The topological polar surface area (TPSA) is 32.7 Å². The minimum atomic E-state index is -0.340. The van der Waals surface area contributed by atoms with Crippen molar-refractivity contribution in [1.29, 1.82) is 0 Å². The van der Waals surface area contributed by atoms with E-state index >= 15 is 0 Å². The molecule has 1 unspecified atom stereocenters. The smallest absolute Gasteiger partial charge is 0.264 e. The van der Waals surface area contributed by atoms with Crippen molar-refractivity contribution in [1.82, 2.24) is 4.90 Å². The van der Waals surface area contributed by atoms with Crippen molar-refractivity contribution >= 4 is 22.8 Å². The van der Waals surface area contributed by atoms with Crippen LogP contribution < -0.4 is 0 Å². The summed E-state index contributed by atoms with van der Waals surface area (Å²) in [5, 5.41) is 0.959. The van der Waals surface area contributed by atoms with Crippen LogP contribution >= 0.6 is 11.8 Å². The molecule has 1 fully saturated rings. The van der Waals surface area contributed by atoms with Gasteiger partial charge in [0.1, 0.15) is 4.75 Å². The molecule has 0 aliphatic carbocycles. The predicted octanol–water partition coefficient (Wildman–Crippen LogP) is 2.52. The highest BCUT2D eigenvalue weighted by molar-refractivity contribution is 8.16. The second kappa shape index (κ2) is 4.40. The number of hydrogen-bond donors (Lipinski definition) is 0. The van der Waals surface area contributed by atoms with Gasteiger partial charge in [0.2, 0.25) is 0 Å². The molecule has 2 rings (SSSR count). The molecular formula is C12H20N2OS. The summed E-state index contributed by atoms with van der Waals surface area (Å²) in [6, 6.07) is 0. The lowest BCUT2D eigenvalue weighted by Gasteiger charge is -2.30. The monoisotopic (exact) mass is 240 g/mol. The van der Waals surface area contributed by atoms with Crippen molar-refractivity contribution in [2.24, 2.45) is 10.9 Å². The molecule has 0 bridgehead atoms. The Bertz CT molecular complexity index is 321. The molecule has 3 nitrogen and oxygen atoms in total. The molecule has 0 aromatic carbocycles. The third kappa shape index (κ3) is 1.99. The fourth-order valence-corrected chi connectivity index (χ4v) is 3.23. The van der Waals surface area contributed by atoms with Crippen molar-refractivity contribution in [3.05, 3.63) is 0 Å². The van der Waals surface area contributed by atoms with Gasteiger partial charge in [-0.3, -0.25) is 4.79 Å². The molecule has 2 heterocycles. The lowest BCUT2D eigenvalue weighted by atomic mass is 9.96. The molecule has 4 heteroatoms. The number of amides is 1.